The fourth-order valence-electron chi connectivity index (χ4n) is 4.20. The van der Waals surface area contributed by atoms with Gasteiger partial charge in [0.1, 0.15) is 5.69 Å². The van der Waals surface area contributed by atoms with Crippen molar-refractivity contribution in [3.05, 3.63) is 105 Å². The molecule has 0 saturated carbocycles. The molecule has 33 heavy (non-hydrogen) atoms. The smallest absolute Gasteiger partial charge is 0.292 e. The van der Waals surface area contributed by atoms with Gasteiger partial charge in [-0.1, -0.05) is 48.0 Å². The molecule has 0 atom stereocenters. The average Bonchev–Trinajstić information content (AvgIpc) is 2.84. The van der Waals surface area contributed by atoms with Gasteiger partial charge in [-0.15, -0.1) is 0 Å². The lowest BCUT2D eigenvalue weighted by atomic mass is 9.94. The third-order valence-electron chi connectivity index (χ3n) is 6.03. The summed E-state index contributed by atoms with van der Waals surface area (Å²) in [4.78, 5) is 41.3. The quantitative estimate of drug-likeness (QED) is 0.331. The summed E-state index contributed by atoms with van der Waals surface area (Å²) < 4.78 is 0. The van der Waals surface area contributed by atoms with E-state index in [4.69, 9.17) is 0 Å². The van der Waals surface area contributed by atoms with E-state index in [2.05, 4.69) is 0 Å². The Kier molecular flexibility index (Phi) is 6.22. The SMILES string of the molecule is Cc1ccc(C)c(C(=O)c2ccccc2C(=O)N2CCN(c3ccccc3[N+](=O)[O-])CC2)c1. The molecule has 1 saturated heterocycles. The molecule has 0 spiro atoms. The van der Waals surface area contributed by atoms with Gasteiger partial charge in [-0.3, -0.25) is 19.7 Å². The van der Waals surface area contributed by atoms with Crippen LogP contribution in [-0.4, -0.2) is 47.7 Å². The summed E-state index contributed by atoms with van der Waals surface area (Å²) in [6, 6.07) is 19.3. The molecule has 4 rings (SSSR count). The van der Waals surface area contributed by atoms with Crippen LogP contribution in [0.2, 0.25) is 0 Å². The molecular formula is C26H25N3O4. The van der Waals surface area contributed by atoms with Gasteiger partial charge in [-0.2, -0.15) is 0 Å². The number of carbonyl (C=O) groups is 2. The monoisotopic (exact) mass is 443 g/mol. The molecule has 0 unspecified atom stereocenters. The van der Waals surface area contributed by atoms with Gasteiger partial charge in [0.25, 0.3) is 11.6 Å². The summed E-state index contributed by atoms with van der Waals surface area (Å²) >= 11 is 0. The Bertz CT molecular complexity index is 1230. The van der Waals surface area contributed by atoms with Crippen molar-refractivity contribution in [2.75, 3.05) is 31.1 Å². The maximum Gasteiger partial charge on any atom is 0.292 e. The van der Waals surface area contributed by atoms with Crippen LogP contribution in [0.1, 0.15) is 37.4 Å². The lowest BCUT2D eigenvalue weighted by Crippen LogP contribution is -2.49. The number of hydrogen-bond acceptors (Lipinski definition) is 5. The molecule has 1 aliphatic rings. The third kappa shape index (κ3) is 4.48. The van der Waals surface area contributed by atoms with Crippen LogP contribution in [0.3, 0.4) is 0 Å². The first-order valence-corrected chi connectivity index (χ1v) is 10.9. The van der Waals surface area contributed by atoms with Gasteiger partial charge in [-0.25, -0.2) is 0 Å². The topological polar surface area (TPSA) is 83.8 Å². The summed E-state index contributed by atoms with van der Waals surface area (Å²) in [5, 5.41) is 11.4. The van der Waals surface area contributed by atoms with Crippen molar-refractivity contribution in [1.82, 2.24) is 4.90 Å². The number of amides is 1. The van der Waals surface area contributed by atoms with Crippen LogP contribution in [0.15, 0.2) is 66.7 Å². The highest BCUT2D eigenvalue weighted by atomic mass is 16.6. The minimum Gasteiger partial charge on any atom is -0.362 e. The van der Waals surface area contributed by atoms with Crippen LogP contribution in [0.25, 0.3) is 0 Å². The lowest BCUT2D eigenvalue weighted by Gasteiger charge is -2.36. The molecule has 0 bridgehead atoms. The zero-order chi connectivity index (χ0) is 23.5. The molecule has 3 aromatic rings. The molecule has 7 heteroatoms. The van der Waals surface area contributed by atoms with Gasteiger partial charge in [0.2, 0.25) is 0 Å². The molecular weight excluding hydrogens is 418 g/mol. The molecule has 0 N–H and O–H groups in total. The van der Waals surface area contributed by atoms with E-state index in [1.165, 1.54) is 6.07 Å². The van der Waals surface area contributed by atoms with Crippen molar-refractivity contribution in [3.63, 3.8) is 0 Å². The van der Waals surface area contributed by atoms with Gasteiger partial charge >= 0.3 is 0 Å². The van der Waals surface area contributed by atoms with E-state index in [1.54, 1.807) is 47.4 Å². The van der Waals surface area contributed by atoms with Crippen molar-refractivity contribution < 1.29 is 14.5 Å². The largest absolute Gasteiger partial charge is 0.362 e. The number of hydrogen-bond donors (Lipinski definition) is 0. The molecule has 1 fully saturated rings. The van der Waals surface area contributed by atoms with Crippen molar-refractivity contribution in [3.8, 4) is 0 Å². The van der Waals surface area contributed by atoms with Crippen LogP contribution < -0.4 is 4.90 Å². The fourth-order valence-corrected chi connectivity index (χ4v) is 4.20. The van der Waals surface area contributed by atoms with Crippen LogP contribution in [0, 0.1) is 24.0 Å². The van der Waals surface area contributed by atoms with E-state index < -0.39 is 0 Å². The minimum absolute atomic E-state index is 0.0572. The predicted octanol–water partition coefficient (Wildman–Crippen LogP) is 4.41. The zero-order valence-corrected chi connectivity index (χ0v) is 18.7. The number of aryl methyl sites for hydroxylation is 2. The minimum atomic E-state index is -0.387. The lowest BCUT2D eigenvalue weighted by molar-refractivity contribution is -0.384. The number of para-hydroxylation sites is 2. The van der Waals surface area contributed by atoms with Crippen LogP contribution in [-0.2, 0) is 0 Å². The first kappa shape index (κ1) is 22.2. The maximum atomic E-state index is 13.4. The Morgan fingerprint density at radius 2 is 1.45 bits per heavy atom. The number of nitro benzene ring substituents is 1. The number of anilines is 1. The Labute approximate surface area is 192 Å². The van der Waals surface area contributed by atoms with Crippen LogP contribution in [0.5, 0.6) is 0 Å². The third-order valence-corrected chi connectivity index (χ3v) is 6.03. The van der Waals surface area contributed by atoms with Gasteiger partial charge in [0, 0.05) is 43.4 Å². The number of ketones is 1. The van der Waals surface area contributed by atoms with E-state index in [-0.39, 0.29) is 22.3 Å². The molecule has 3 aromatic carbocycles. The zero-order valence-electron chi connectivity index (χ0n) is 18.7. The van der Waals surface area contributed by atoms with Gasteiger partial charge in [0.05, 0.1) is 10.5 Å². The van der Waals surface area contributed by atoms with Crippen molar-refractivity contribution >= 4 is 23.1 Å². The number of nitro groups is 1. The molecule has 1 amide bonds. The second-order valence-corrected chi connectivity index (χ2v) is 8.22. The number of piperazine rings is 1. The standard InChI is InChI=1S/C26H25N3O4/c1-18-11-12-19(2)22(17-18)25(30)20-7-3-4-8-21(20)26(31)28-15-13-27(14-16-28)23-9-5-6-10-24(23)29(32)33/h3-12,17H,13-16H2,1-2H3. The molecule has 1 aliphatic heterocycles. The summed E-state index contributed by atoms with van der Waals surface area (Å²) in [5.41, 5.74) is 3.82. The average molecular weight is 444 g/mol. The maximum absolute atomic E-state index is 13.4. The summed E-state index contributed by atoms with van der Waals surface area (Å²) in [6.45, 7) is 5.60. The molecule has 0 aromatic heterocycles. The highest BCUT2D eigenvalue weighted by molar-refractivity contribution is 6.16. The van der Waals surface area contributed by atoms with Gasteiger partial charge in [-0.05, 0) is 37.6 Å². The summed E-state index contributed by atoms with van der Waals surface area (Å²) in [6.07, 6.45) is 0. The molecule has 1 heterocycles. The number of carbonyl (C=O) groups excluding carboxylic acids is 2. The molecule has 168 valence electrons. The second kappa shape index (κ2) is 9.24. The Morgan fingerprint density at radius 3 is 2.15 bits per heavy atom. The van der Waals surface area contributed by atoms with Crippen molar-refractivity contribution in [1.29, 1.82) is 0 Å². The predicted molar refractivity (Wildman–Crippen MR) is 127 cm³/mol. The summed E-state index contributed by atoms with van der Waals surface area (Å²) in [7, 11) is 0. The van der Waals surface area contributed by atoms with Gasteiger partial charge < -0.3 is 9.80 Å². The normalized spacial score (nSPS) is 13.6. The Balaban J connectivity index is 1.54. The van der Waals surface area contributed by atoms with E-state index in [9.17, 15) is 19.7 Å². The first-order valence-electron chi connectivity index (χ1n) is 10.9. The van der Waals surface area contributed by atoms with Crippen LogP contribution >= 0.6 is 0 Å². The summed E-state index contributed by atoms with van der Waals surface area (Å²) in [5.74, 6) is -0.370. The Hall–Kier alpha value is -4.00. The first-order chi connectivity index (χ1) is 15.9. The van der Waals surface area contributed by atoms with E-state index >= 15 is 0 Å². The molecule has 7 nitrogen and oxygen atoms in total. The van der Waals surface area contributed by atoms with E-state index in [0.29, 0.717) is 48.6 Å². The van der Waals surface area contributed by atoms with E-state index in [0.717, 1.165) is 11.1 Å². The van der Waals surface area contributed by atoms with Crippen molar-refractivity contribution in [2.45, 2.75) is 13.8 Å². The second-order valence-electron chi connectivity index (χ2n) is 8.22. The van der Waals surface area contributed by atoms with Gasteiger partial charge in [0.15, 0.2) is 5.78 Å². The van der Waals surface area contributed by atoms with Crippen molar-refractivity contribution in [2.24, 2.45) is 0 Å². The Morgan fingerprint density at radius 1 is 0.818 bits per heavy atom. The number of nitrogens with zero attached hydrogens (tertiary/aromatic N) is 3. The van der Waals surface area contributed by atoms with E-state index in [1.807, 2.05) is 36.9 Å². The highest BCUT2D eigenvalue weighted by Gasteiger charge is 2.28. The number of benzene rings is 3. The fraction of sp³-hybridized carbons (Fsp3) is 0.231. The molecule has 0 radical (unpaired) electrons. The highest BCUT2D eigenvalue weighted by Crippen LogP contribution is 2.29. The molecule has 0 aliphatic carbocycles. The number of rotatable bonds is 5. The van der Waals surface area contributed by atoms with Crippen LogP contribution in [0.4, 0.5) is 11.4 Å².